The Morgan fingerprint density at radius 3 is 0.500 bits per heavy atom. The fourth-order valence-corrected chi connectivity index (χ4v) is 0. The summed E-state index contributed by atoms with van der Waals surface area (Å²) in [6, 6.07) is 0. The standard InChI is InChI=1S/4CH3NO2/c4*2-1(3)4/h4*2H2,(H,3,4). The average Bonchev–Trinajstić information content (AvgIpc) is 1.76. The SMILES string of the molecule is NC(=O)O.NC(=O)O.NC(=O)O.NC(=O)O. The molecule has 0 saturated heterocycles. The summed E-state index contributed by atoms with van der Waals surface area (Å²) in [5.74, 6) is 0. The van der Waals surface area contributed by atoms with Gasteiger partial charge in [-0.15, -0.1) is 0 Å². The summed E-state index contributed by atoms with van der Waals surface area (Å²) in [5, 5.41) is 28.8. The second kappa shape index (κ2) is 18.0. The molecule has 0 radical (unpaired) electrons. The molecule has 0 bridgehead atoms. The molecule has 0 saturated carbocycles. The molecule has 0 fully saturated rings. The largest absolute Gasteiger partial charge is 0.465 e. The van der Waals surface area contributed by atoms with Crippen molar-refractivity contribution >= 4 is 24.4 Å². The van der Waals surface area contributed by atoms with Crippen LogP contribution in [-0.2, 0) is 0 Å². The predicted molar refractivity (Wildman–Crippen MR) is 48.8 cm³/mol. The molecule has 0 unspecified atom stereocenters. The molecule has 0 aliphatic carbocycles. The first-order chi connectivity index (χ1) is 6.93. The van der Waals surface area contributed by atoms with Crippen LogP contribution in [0.1, 0.15) is 0 Å². The molecule has 12 heteroatoms. The van der Waals surface area contributed by atoms with Gasteiger partial charge in [0.25, 0.3) is 0 Å². The monoisotopic (exact) mass is 244 g/mol. The van der Waals surface area contributed by atoms with Gasteiger partial charge in [0.15, 0.2) is 0 Å². The number of primary amides is 4. The Hall–Kier alpha value is -2.92. The van der Waals surface area contributed by atoms with Crippen LogP contribution in [0.3, 0.4) is 0 Å². The number of carbonyl (C=O) groups is 4. The first-order valence-corrected chi connectivity index (χ1v) is 2.87. The highest BCUT2D eigenvalue weighted by Gasteiger charge is 1.66. The zero-order valence-electron chi connectivity index (χ0n) is 7.73. The highest BCUT2D eigenvalue weighted by Crippen LogP contribution is 1.35. The van der Waals surface area contributed by atoms with Gasteiger partial charge < -0.3 is 43.4 Å². The summed E-state index contributed by atoms with van der Waals surface area (Å²) in [5.41, 5.74) is 16.1. The number of hydrogen-bond donors (Lipinski definition) is 8. The van der Waals surface area contributed by atoms with Crippen molar-refractivity contribution in [1.29, 1.82) is 0 Å². The summed E-state index contributed by atoms with van der Waals surface area (Å²) in [7, 11) is 0. The molecule has 0 aromatic carbocycles. The zero-order chi connectivity index (χ0) is 14.3. The highest BCUT2D eigenvalue weighted by atomic mass is 16.4. The van der Waals surface area contributed by atoms with Crippen LogP contribution in [0.4, 0.5) is 19.2 Å². The van der Waals surface area contributed by atoms with Crippen LogP contribution in [0.5, 0.6) is 0 Å². The second-order valence-corrected chi connectivity index (χ2v) is 1.35. The number of amides is 4. The van der Waals surface area contributed by atoms with E-state index in [-0.39, 0.29) is 0 Å². The fraction of sp³-hybridized carbons (Fsp3) is 0. The molecule has 0 atom stereocenters. The summed E-state index contributed by atoms with van der Waals surface area (Å²) >= 11 is 0. The maximum atomic E-state index is 8.78. The number of nitrogens with two attached hydrogens (primary N) is 4. The number of hydrogen-bond acceptors (Lipinski definition) is 4. The van der Waals surface area contributed by atoms with Gasteiger partial charge in [0.2, 0.25) is 0 Å². The van der Waals surface area contributed by atoms with Crippen molar-refractivity contribution in [3.63, 3.8) is 0 Å². The molecule has 0 aliphatic heterocycles. The maximum absolute atomic E-state index is 8.78. The van der Waals surface area contributed by atoms with Crippen LogP contribution >= 0.6 is 0 Å². The van der Waals surface area contributed by atoms with Gasteiger partial charge in [0.05, 0.1) is 0 Å². The molecule has 0 aromatic rings. The van der Waals surface area contributed by atoms with E-state index < -0.39 is 24.4 Å². The van der Waals surface area contributed by atoms with Gasteiger partial charge in [-0.1, -0.05) is 0 Å². The van der Waals surface area contributed by atoms with Crippen molar-refractivity contribution in [2.24, 2.45) is 22.9 Å². The average molecular weight is 244 g/mol. The summed E-state index contributed by atoms with van der Waals surface area (Å²) < 4.78 is 0. The van der Waals surface area contributed by atoms with E-state index in [1.165, 1.54) is 0 Å². The Labute approximate surface area is 88.0 Å². The van der Waals surface area contributed by atoms with Gasteiger partial charge >= 0.3 is 24.4 Å². The first-order valence-electron chi connectivity index (χ1n) is 2.87. The normalized spacial score (nSPS) is 6.00. The van der Waals surface area contributed by atoms with Crippen LogP contribution in [-0.4, -0.2) is 44.8 Å². The van der Waals surface area contributed by atoms with Crippen LogP contribution in [0, 0.1) is 0 Å². The van der Waals surface area contributed by atoms with Crippen molar-refractivity contribution in [3.05, 3.63) is 0 Å². The van der Waals surface area contributed by atoms with E-state index >= 15 is 0 Å². The molecule has 0 rings (SSSR count). The Balaban J connectivity index is -0.0000000600. The van der Waals surface area contributed by atoms with E-state index in [2.05, 4.69) is 22.9 Å². The minimum absolute atomic E-state index is 1.33. The second-order valence-electron chi connectivity index (χ2n) is 1.35. The van der Waals surface area contributed by atoms with E-state index in [4.69, 9.17) is 39.6 Å². The fourth-order valence-electron chi connectivity index (χ4n) is 0. The lowest BCUT2D eigenvalue weighted by molar-refractivity contribution is 0.204. The van der Waals surface area contributed by atoms with E-state index in [0.29, 0.717) is 0 Å². The third-order valence-corrected chi connectivity index (χ3v) is 0. The summed E-state index contributed by atoms with van der Waals surface area (Å²) in [4.78, 5) is 35.1. The van der Waals surface area contributed by atoms with E-state index in [1.807, 2.05) is 0 Å². The van der Waals surface area contributed by atoms with Crippen LogP contribution in [0.25, 0.3) is 0 Å². The van der Waals surface area contributed by atoms with Crippen molar-refractivity contribution < 1.29 is 39.6 Å². The van der Waals surface area contributed by atoms with Gasteiger partial charge in [0, 0.05) is 0 Å². The molecule has 12 N–H and O–H groups in total. The van der Waals surface area contributed by atoms with Crippen LogP contribution in [0.15, 0.2) is 0 Å². The molecule has 16 heavy (non-hydrogen) atoms. The van der Waals surface area contributed by atoms with Gasteiger partial charge in [-0.25, -0.2) is 19.2 Å². The van der Waals surface area contributed by atoms with E-state index in [1.54, 1.807) is 0 Å². The predicted octanol–water partition coefficient (Wildman–Crippen LogP) is -1.51. The summed E-state index contributed by atoms with van der Waals surface area (Å²) in [6.45, 7) is 0. The lowest BCUT2D eigenvalue weighted by Crippen LogP contribution is -2.03. The van der Waals surface area contributed by atoms with Gasteiger partial charge in [-0.05, 0) is 0 Å². The lowest BCUT2D eigenvalue weighted by Gasteiger charge is -1.61. The molecule has 4 amide bonds. The molecule has 96 valence electrons. The first kappa shape index (κ1) is 23.2. The van der Waals surface area contributed by atoms with Crippen molar-refractivity contribution in [2.75, 3.05) is 0 Å². The minimum Gasteiger partial charge on any atom is -0.465 e. The Morgan fingerprint density at radius 1 is 0.500 bits per heavy atom. The van der Waals surface area contributed by atoms with E-state index in [9.17, 15) is 0 Å². The van der Waals surface area contributed by atoms with Crippen molar-refractivity contribution in [1.82, 2.24) is 0 Å². The molecule has 12 nitrogen and oxygen atoms in total. The molecule has 0 heterocycles. The van der Waals surface area contributed by atoms with Gasteiger partial charge in [0.1, 0.15) is 0 Å². The lowest BCUT2D eigenvalue weighted by atomic mass is 11.3. The van der Waals surface area contributed by atoms with Crippen LogP contribution in [0.2, 0.25) is 0 Å². The van der Waals surface area contributed by atoms with Crippen molar-refractivity contribution in [2.45, 2.75) is 0 Å². The minimum atomic E-state index is -1.33. The maximum Gasteiger partial charge on any atom is 0.402 e. The Kier molecular flexibility index (Phi) is 26.0. The van der Waals surface area contributed by atoms with Crippen molar-refractivity contribution in [3.8, 4) is 0 Å². The number of carboxylic acid groups (broad SMARTS) is 4. The molecule has 0 spiro atoms. The topological polar surface area (TPSA) is 253 Å². The number of rotatable bonds is 0. The summed E-state index contributed by atoms with van der Waals surface area (Å²) in [6.07, 6.45) is -5.33. The Bertz CT molecular complexity index is 164. The highest BCUT2D eigenvalue weighted by molar-refractivity contribution is 5.62. The van der Waals surface area contributed by atoms with Gasteiger partial charge in [-0.2, -0.15) is 0 Å². The molecular weight excluding hydrogens is 232 g/mol. The smallest absolute Gasteiger partial charge is 0.402 e. The van der Waals surface area contributed by atoms with Crippen LogP contribution < -0.4 is 22.9 Å². The van der Waals surface area contributed by atoms with E-state index in [0.717, 1.165) is 0 Å². The third-order valence-electron chi connectivity index (χ3n) is 0. The molecule has 0 aliphatic rings. The molecular formula is C4H12N4O8. The Morgan fingerprint density at radius 2 is 0.500 bits per heavy atom. The zero-order valence-corrected chi connectivity index (χ0v) is 7.73. The van der Waals surface area contributed by atoms with Gasteiger partial charge in [-0.3, -0.25) is 0 Å². The quantitative estimate of drug-likeness (QED) is 0.247. The molecule has 0 aromatic heterocycles. The third kappa shape index (κ3) is 132.